The summed E-state index contributed by atoms with van der Waals surface area (Å²) >= 11 is 0. The summed E-state index contributed by atoms with van der Waals surface area (Å²) in [4.78, 5) is 16.4. The summed E-state index contributed by atoms with van der Waals surface area (Å²) in [7, 11) is 0. The third kappa shape index (κ3) is 5.21. The van der Waals surface area contributed by atoms with E-state index in [4.69, 9.17) is 0 Å². The molecule has 3 N–H and O–H groups in total. The molecule has 2 amide bonds. The fourth-order valence-electron chi connectivity index (χ4n) is 3.17. The second kappa shape index (κ2) is 8.51. The third-order valence-corrected chi connectivity index (χ3v) is 4.68. The molecule has 0 atom stereocenters. The van der Waals surface area contributed by atoms with Gasteiger partial charge in [0.2, 0.25) is 0 Å². The lowest BCUT2D eigenvalue weighted by atomic mass is 9.96. The van der Waals surface area contributed by atoms with E-state index in [2.05, 4.69) is 40.0 Å². The van der Waals surface area contributed by atoms with E-state index in [1.54, 1.807) is 6.20 Å². The number of hydrogen-bond donors (Lipinski definition) is 3. The Morgan fingerprint density at radius 1 is 1.12 bits per heavy atom. The van der Waals surface area contributed by atoms with Crippen LogP contribution >= 0.6 is 0 Å². The maximum atomic E-state index is 12.0. The van der Waals surface area contributed by atoms with Crippen molar-refractivity contribution in [3.63, 3.8) is 0 Å². The van der Waals surface area contributed by atoms with E-state index in [1.807, 2.05) is 24.3 Å². The van der Waals surface area contributed by atoms with Crippen molar-refractivity contribution in [3.8, 4) is 0 Å². The zero-order valence-electron chi connectivity index (χ0n) is 14.7. The van der Waals surface area contributed by atoms with Gasteiger partial charge in [-0.1, -0.05) is 43.5 Å². The molecule has 5 nitrogen and oxygen atoms in total. The molecule has 1 aliphatic rings. The van der Waals surface area contributed by atoms with Crippen molar-refractivity contribution in [1.29, 1.82) is 0 Å². The number of carbonyl (C=O) groups is 1. The van der Waals surface area contributed by atoms with Crippen LogP contribution in [0.3, 0.4) is 0 Å². The minimum atomic E-state index is -0.144. The van der Waals surface area contributed by atoms with Crippen molar-refractivity contribution >= 4 is 17.5 Å². The van der Waals surface area contributed by atoms with Crippen molar-refractivity contribution < 1.29 is 4.79 Å². The number of hydrogen-bond acceptors (Lipinski definition) is 3. The van der Waals surface area contributed by atoms with Gasteiger partial charge in [-0.15, -0.1) is 0 Å². The first kappa shape index (κ1) is 17.3. The Hall–Kier alpha value is -2.56. The Morgan fingerprint density at radius 3 is 2.64 bits per heavy atom. The van der Waals surface area contributed by atoms with Crippen molar-refractivity contribution in [2.45, 2.75) is 51.6 Å². The lowest BCUT2D eigenvalue weighted by Crippen LogP contribution is -2.39. The molecule has 0 aliphatic heterocycles. The Morgan fingerprint density at radius 2 is 1.92 bits per heavy atom. The van der Waals surface area contributed by atoms with E-state index in [0.29, 0.717) is 11.7 Å². The Balaban J connectivity index is 1.48. The number of rotatable bonds is 5. The fourth-order valence-corrected chi connectivity index (χ4v) is 3.17. The number of nitrogens with zero attached hydrogens (tertiary/aromatic N) is 1. The van der Waals surface area contributed by atoms with Gasteiger partial charge in [0.05, 0.1) is 11.9 Å². The summed E-state index contributed by atoms with van der Waals surface area (Å²) in [5, 5.41) is 9.21. The summed E-state index contributed by atoms with van der Waals surface area (Å²) in [5.74, 6) is 0.793. The number of amides is 2. The minimum absolute atomic E-state index is 0.144. The normalized spacial score (nSPS) is 14.8. The lowest BCUT2D eigenvalue weighted by Gasteiger charge is -2.22. The topological polar surface area (TPSA) is 66.0 Å². The molecular formula is C20H26N4O. The molecule has 5 heteroatoms. The highest BCUT2D eigenvalue weighted by atomic mass is 16.2. The van der Waals surface area contributed by atoms with Gasteiger partial charge in [0, 0.05) is 12.6 Å². The molecule has 25 heavy (non-hydrogen) atoms. The number of pyridine rings is 1. The highest BCUT2D eigenvalue weighted by molar-refractivity contribution is 5.89. The van der Waals surface area contributed by atoms with Gasteiger partial charge in [0.1, 0.15) is 5.82 Å². The van der Waals surface area contributed by atoms with Crippen molar-refractivity contribution in [1.82, 2.24) is 10.3 Å². The first-order valence-electron chi connectivity index (χ1n) is 9.02. The molecule has 1 aliphatic carbocycles. The van der Waals surface area contributed by atoms with Gasteiger partial charge < -0.3 is 16.0 Å². The second-order valence-corrected chi connectivity index (χ2v) is 6.65. The number of aromatic nitrogens is 1. The zero-order chi connectivity index (χ0) is 17.5. The first-order valence-corrected chi connectivity index (χ1v) is 9.02. The highest BCUT2D eigenvalue weighted by Gasteiger charge is 2.15. The van der Waals surface area contributed by atoms with Crippen LogP contribution in [-0.4, -0.2) is 17.1 Å². The molecule has 1 heterocycles. The maximum absolute atomic E-state index is 12.0. The van der Waals surface area contributed by atoms with E-state index in [9.17, 15) is 4.79 Å². The number of aryl methyl sites for hydroxylation is 1. The van der Waals surface area contributed by atoms with E-state index in [0.717, 1.165) is 25.2 Å². The van der Waals surface area contributed by atoms with Gasteiger partial charge in [-0.25, -0.2) is 9.78 Å². The Labute approximate surface area is 149 Å². The van der Waals surface area contributed by atoms with Crippen molar-refractivity contribution in [2.75, 3.05) is 10.6 Å². The molecule has 132 valence electrons. The molecule has 3 rings (SSSR count). The summed E-state index contributed by atoms with van der Waals surface area (Å²) in [6, 6.07) is 12.2. The average molecular weight is 338 g/mol. The minimum Gasteiger partial charge on any atom is -0.366 e. The van der Waals surface area contributed by atoms with Crippen LogP contribution in [0, 0.1) is 6.92 Å². The quantitative estimate of drug-likeness (QED) is 0.754. The van der Waals surface area contributed by atoms with Crippen LogP contribution in [0.4, 0.5) is 16.3 Å². The largest absolute Gasteiger partial charge is 0.366 e. The van der Waals surface area contributed by atoms with Gasteiger partial charge >= 0.3 is 6.03 Å². The molecule has 1 fully saturated rings. The second-order valence-electron chi connectivity index (χ2n) is 6.65. The van der Waals surface area contributed by atoms with Gasteiger partial charge in [-0.05, 0) is 43.0 Å². The Bertz CT molecular complexity index is 693. The molecule has 1 aromatic heterocycles. The SMILES string of the molecule is Cc1ccccc1CNc1ccc(NC(=O)NC2CCCCC2)cn1. The number of nitrogens with one attached hydrogen (secondary N) is 3. The van der Waals surface area contributed by atoms with E-state index in [-0.39, 0.29) is 6.03 Å². The molecule has 2 aromatic rings. The predicted molar refractivity (Wildman–Crippen MR) is 102 cm³/mol. The fraction of sp³-hybridized carbons (Fsp3) is 0.400. The number of urea groups is 1. The summed E-state index contributed by atoms with van der Waals surface area (Å²) in [5.41, 5.74) is 3.21. The van der Waals surface area contributed by atoms with Gasteiger partial charge in [0.25, 0.3) is 0 Å². The van der Waals surface area contributed by atoms with Crippen LogP contribution in [0.1, 0.15) is 43.2 Å². The van der Waals surface area contributed by atoms with Crippen LogP contribution in [0.15, 0.2) is 42.6 Å². The van der Waals surface area contributed by atoms with Crippen LogP contribution in [0.2, 0.25) is 0 Å². The smallest absolute Gasteiger partial charge is 0.319 e. The molecule has 1 aromatic carbocycles. The van der Waals surface area contributed by atoms with Crippen LogP contribution < -0.4 is 16.0 Å². The first-order chi connectivity index (χ1) is 12.2. The molecule has 0 bridgehead atoms. The van der Waals surface area contributed by atoms with Gasteiger partial charge in [0.15, 0.2) is 0 Å². The Kier molecular flexibility index (Phi) is 5.88. The molecular weight excluding hydrogens is 312 g/mol. The maximum Gasteiger partial charge on any atom is 0.319 e. The van der Waals surface area contributed by atoms with Crippen LogP contribution in [-0.2, 0) is 6.54 Å². The average Bonchev–Trinajstić information content (AvgIpc) is 2.63. The monoisotopic (exact) mass is 338 g/mol. The molecule has 0 spiro atoms. The van der Waals surface area contributed by atoms with E-state index >= 15 is 0 Å². The predicted octanol–water partition coefficient (Wildman–Crippen LogP) is 4.46. The summed E-state index contributed by atoms with van der Waals surface area (Å²) in [6.07, 6.45) is 7.52. The standard InChI is InChI=1S/C20H26N4O/c1-15-7-5-6-8-16(15)13-21-19-12-11-18(14-22-19)24-20(25)23-17-9-3-2-4-10-17/h5-8,11-12,14,17H,2-4,9-10,13H2,1H3,(H,21,22)(H2,23,24,25). The van der Waals surface area contributed by atoms with E-state index < -0.39 is 0 Å². The zero-order valence-corrected chi connectivity index (χ0v) is 14.7. The number of carbonyl (C=O) groups excluding carboxylic acids is 1. The molecule has 0 saturated heterocycles. The highest BCUT2D eigenvalue weighted by Crippen LogP contribution is 2.18. The summed E-state index contributed by atoms with van der Waals surface area (Å²) in [6.45, 7) is 2.83. The van der Waals surface area contributed by atoms with Crippen molar-refractivity contribution in [3.05, 3.63) is 53.7 Å². The summed E-state index contributed by atoms with van der Waals surface area (Å²) < 4.78 is 0. The van der Waals surface area contributed by atoms with Gasteiger partial charge in [-0.3, -0.25) is 0 Å². The molecule has 0 unspecified atom stereocenters. The van der Waals surface area contributed by atoms with Crippen molar-refractivity contribution in [2.24, 2.45) is 0 Å². The van der Waals surface area contributed by atoms with Gasteiger partial charge in [-0.2, -0.15) is 0 Å². The molecule has 1 saturated carbocycles. The van der Waals surface area contributed by atoms with Crippen LogP contribution in [0.25, 0.3) is 0 Å². The lowest BCUT2D eigenvalue weighted by molar-refractivity contribution is 0.244. The third-order valence-electron chi connectivity index (χ3n) is 4.68. The molecule has 0 radical (unpaired) electrons. The number of anilines is 2. The number of benzene rings is 1. The van der Waals surface area contributed by atoms with E-state index in [1.165, 1.54) is 30.4 Å². The van der Waals surface area contributed by atoms with Crippen LogP contribution in [0.5, 0.6) is 0 Å².